The summed E-state index contributed by atoms with van der Waals surface area (Å²) in [5.74, 6) is 0.0669. The number of carbonyl (C=O) groups excluding carboxylic acids is 1. The molecule has 0 spiro atoms. The van der Waals surface area contributed by atoms with Gasteiger partial charge in [0.05, 0.1) is 13.2 Å². The first-order chi connectivity index (χ1) is 13.4. The molecule has 1 unspecified atom stereocenters. The molecule has 156 valence electrons. The minimum Gasteiger partial charge on any atom is -0.495 e. The molecule has 1 heterocycles. The van der Waals surface area contributed by atoms with Crippen LogP contribution in [0.5, 0.6) is 5.75 Å². The summed E-state index contributed by atoms with van der Waals surface area (Å²) in [6.45, 7) is 3.74. The Morgan fingerprint density at radius 1 is 1.21 bits per heavy atom. The maximum absolute atomic E-state index is 13.0. The molecule has 3 rings (SSSR count). The summed E-state index contributed by atoms with van der Waals surface area (Å²) < 4.78 is 39.5. The first-order valence-electron chi connectivity index (χ1n) is 10.1. The lowest BCUT2D eigenvalue weighted by molar-refractivity contribution is 0.00723. The molecule has 1 atom stereocenters. The van der Waals surface area contributed by atoms with Crippen LogP contribution in [0.1, 0.15) is 55.8 Å². The summed E-state index contributed by atoms with van der Waals surface area (Å²) in [6, 6.07) is 4.56. The number of nitrogens with zero attached hydrogens (tertiary/aromatic N) is 1. The molecular formula is C20H30N2O5S. The lowest BCUT2D eigenvalue weighted by Crippen LogP contribution is -2.43. The Morgan fingerprint density at radius 2 is 1.96 bits per heavy atom. The second kappa shape index (κ2) is 9.24. The summed E-state index contributed by atoms with van der Waals surface area (Å²) in [4.78, 5) is 14.7. The van der Waals surface area contributed by atoms with Gasteiger partial charge in [-0.2, -0.15) is 0 Å². The van der Waals surface area contributed by atoms with Crippen LogP contribution >= 0.6 is 0 Å². The third kappa shape index (κ3) is 4.85. The van der Waals surface area contributed by atoms with E-state index in [1.54, 1.807) is 17.0 Å². The van der Waals surface area contributed by atoms with Gasteiger partial charge in [0.25, 0.3) is 5.91 Å². The van der Waals surface area contributed by atoms with Crippen LogP contribution < -0.4 is 9.46 Å². The van der Waals surface area contributed by atoms with Crippen molar-refractivity contribution >= 4 is 15.9 Å². The van der Waals surface area contributed by atoms with Gasteiger partial charge in [-0.15, -0.1) is 0 Å². The first kappa shape index (κ1) is 21.1. The Hall–Kier alpha value is -1.64. The SMILES string of the molecule is CCOC1CCCN(C(=O)c2ccc(OC)c(S(=O)(=O)NC3CCCC3)c2)C1. The Kier molecular flexibility index (Phi) is 6.95. The maximum atomic E-state index is 13.0. The van der Waals surface area contributed by atoms with Gasteiger partial charge in [0.1, 0.15) is 10.6 Å². The molecule has 1 aromatic carbocycles. The second-order valence-electron chi connectivity index (χ2n) is 7.44. The molecule has 1 aliphatic carbocycles. The number of sulfonamides is 1. The van der Waals surface area contributed by atoms with Gasteiger partial charge in [-0.25, -0.2) is 13.1 Å². The Bertz CT molecular complexity index is 788. The van der Waals surface area contributed by atoms with E-state index < -0.39 is 10.0 Å². The smallest absolute Gasteiger partial charge is 0.253 e. The van der Waals surface area contributed by atoms with Gasteiger partial charge in [-0.3, -0.25) is 4.79 Å². The molecule has 1 saturated heterocycles. The first-order valence-corrected chi connectivity index (χ1v) is 11.5. The van der Waals surface area contributed by atoms with Crippen LogP contribution in [0.25, 0.3) is 0 Å². The molecule has 0 aromatic heterocycles. The van der Waals surface area contributed by atoms with Crippen molar-refractivity contribution < 1.29 is 22.7 Å². The van der Waals surface area contributed by atoms with Crippen molar-refractivity contribution in [2.24, 2.45) is 0 Å². The van der Waals surface area contributed by atoms with Crippen molar-refractivity contribution in [1.29, 1.82) is 0 Å². The quantitative estimate of drug-likeness (QED) is 0.747. The molecule has 1 aliphatic heterocycles. The topological polar surface area (TPSA) is 84.9 Å². The Labute approximate surface area is 167 Å². The number of rotatable bonds is 7. The van der Waals surface area contributed by atoms with Gasteiger partial charge in [0.15, 0.2) is 0 Å². The van der Waals surface area contributed by atoms with Crippen LogP contribution in [0.15, 0.2) is 23.1 Å². The van der Waals surface area contributed by atoms with E-state index >= 15 is 0 Å². The van der Waals surface area contributed by atoms with Crippen molar-refractivity contribution in [3.05, 3.63) is 23.8 Å². The molecule has 2 fully saturated rings. The molecule has 1 aromatic rings. The highest BCUT2D eigenvalue weighted by Crippen LogP contribution is 2.28. The van der Waals surface area contributed by atoms with E-state index in [9.17, 15) is 13.2 Å². The number of methoxy groups -OCH3 is 1. The molecule has 1 amide bonds. The molecule has 0 radical (unpaired) electrons. The predicted octanol–water partition coefficient (Wildman–Crippen LogP) is 2.56. The van der Waals surface area contributed by atoms with Gasteiger partial charge >= 0.3 is 0 Å². The monoisotopic (exact) mass is 410 g/mol. The second-order valence-corrected chi connectivity index (χ2v) is 9.12. The van der Waals surface area contributed by atoms with Crippen molar-refractivity contribution in [3.8, 4) is 5.75 Å². The minimum absolute atomic E-state index is 0.0196. The standard InChI is InChI=1S/C20H30N2O5S/c1-3-27-17-9-6-12-22(14-17)20(23)15-10-11-18(26-2)19(13-15)28(24,25)21-16-7-4-5-8-16/h10-11,13,16-17,21H,3-9,12,14H2,1-2H3. The molecule has 2 aliphatic rings. The minimum atomic E-state index is -3.76. The average molecular weight is 411 g/mol. The fraction of sp³-hybridized carbons (Fsp3) is 0.650. The number of piperidine rings is 1. The van der Waals surface area contributed by atoms with E-state index in [4.69, 9.17) is 9.47 Å². The van der Waals surface area contributed by atoms with E-state index in [1.165, 1.54) is 13.2 Å². The van der Waals surface area contributed by atoms with Crippen molar-refractivity contribution in [2.45, 2.75) is 62.5 Å². The van der Waals surface area contributed by atoms with E-state index in [0.29, 0.717) is 25.3 Å². The third-order valence-electron chi connectivity index (χ3n) is 5.44. The summed E-state index contributed by atoms with van der Waals surface area (Å²) in [6.07, 6.45) is 5.58. The van der Waals surface area contributed by atoms with Gasteiger partial charge in [0.2, 0.25) is 10.0 Å². The average Bonchev–Trinajstić information content (AvgIpc) is 3.19. The van der Waals surface area contributed by atoms with E-state index in [0.717, 1.165) is 38.5 Å². The highest BCUT2D eigenvalue weighted by Gasteiger charge is 2.29. The van der Waals surface area contributed by atoms with Crippen molar-refractivity contribution in [3.63, 3.8) is 0 Å². The third-order valence-corrected chi connectivity index (χ3v) is 6.99. The highest BCUT2D eigenvalue weighted by atomic mass is 32.2. The summed E-state index contributed by atoms with van der Waals surface area (Å²) in [7, 11) is -2.33. The zero-order valence-electron chi connectivity index (χ0n) is 16.6. The van der Waals surface area contributed by atoms with Crippen LogP contribution in [0.2, 0.25) is 0 Å². The number of likely N-dealkylation sites (tertiary alicyclic amines) is 1. The molecule has 1 saturated carbocycles. The molecule has 28 heavy (non-hydrogen) atoms. The number of benzene rings is 1. The van der Waals surface area contributed by atoms with Gasteiger partial charge in [-0.1, -0.05) is 12.8 Å². The highest BCUT2D eigenvalue weighted by molar-refractivity contribution is 7.89. The van der Waals surface area contributed by atoms with Crippen LogP contribution in [-0.2, 0) is 14.8 Å². The maximum Gasteiger partial charge on any atom is 0.253 e. The fourth-order valence-corrected chi connectivity index (χ4v) is 5.52. The van der Waals surface area contributed by atoms with Crippen molar-refractivity contribution in [1.82, 2.24) is 9.62 Å². The molecule has 7 nitrogen and oxygen atoms in total. The fourth-order valence-electron chi connectivity index (χ4n) is 4.02. The van der Waals surface area contributed by atoms with Gasteiger partial charge < -0.3 is 14.4 Å². The lowest BCUT2D eigenvalue weighted by atomic mass is 10.1. The number of amides is 1. The number of carbonyl (C=O) groups is 1. The van der Waals surface area contributed by atoms with Crippen LogP contribution in [0.4, 0.5) is 0 Å². The number of hydrogen-bond acceptors (Lipinski definition) is 5. The summed E-state index contributed by atoms with van der Waals surface area (Å²) in [5, 5.41) is 0. The normalized spacial score (nSPS) is 21.1. The number of nitrogens with one attached hydrogen (secondary N) is 1. The number of hydrogen-bond donors (Lipinski definition) is 1. The van der Waals surface area contributed by atoms with Crippen LogP contribution in [0.3, 0.4) is 0 Å². The molecule has 0 bridgehead atoms. The zero-order valence-corrected chi connectivity index (χ0v) is 17.5. The largest absolute Gasteiger partial charge is 0.495 e. The lowest BCUT2D eigenvalue weighted by Gasteiger charge is -2.32. The van der Waals surface area contributed by atoms with E-state index in [2.05, 4.69) is 4.72 Å². The van der Waals surface area contributed by atoms with Gasteiger partial charge in [-0.05, 0) is 50.8 Å². The van der Waals surface area contributed by atoms with Gasteiger partial charge in [0, 0.05) is 31.3 Å². The zero-order chi connectivity index (χ0) is 20.1. The van der Waals surface area contributed by atoms with Crippen molar-refractivity contribution in [2.75, 3.05) is 26.8 Å². The molecular weight excluding hydrogens is 380 g/mol. The summed E-state index contributed by atoms with van der Waals surface area (Å²) in [5.41, 5.74) is 0.352. The molecule has 8 heteroatoms. The Morgan fingerprint density at radius 3 is 2.64 bits per heavy atom. The van der Waals surface area contributed by atoms with Crippen LogP contribution in [-0.4, -0.2) is 58.2 Å². The molecule has 1 N–H and O–H groups in total. The summed E-state index contributed by atoms with van der Waals surface area (Å²) >= 11 is 0. The van der Waals surface area contributed by atoms with E-state index in [1.807, 2.05) is 6.92 Å². The Balaban J connectivity index is 1.82. The number of ether oxygens (including phenoxy) is 2. The van der Waals surface area contributed by atoms with E-state index in [-0.39, 0.29) is 28.7 Å². The van der Waals surface area contributed by atoms with Crippen LogP contribution in [0, 0.1) is 0 Å². The predicted molar refractivity (Wildman–Crippen MR) is 106 cm³/mol.